The number of carbonyl (C=O) groups is 1. The third-order valence-electron chi connectivity index (χ3n) is 3.39. The minimum atomic E-state index is -1.42. The summed E-state index contributed by atoms with van der Waals surface area (Å²) in [4.78, 5) is 23.5. The molecule has 1 aliphatic rings. The Balaban J connectivity index is 2.23. The van der Waals surface area contributed by atoms with Crippen LogP contribution >= 0.6 is 0 Å². The second-order valence-corrected chi connectivity index (χ2v) is 4.84. The van der Waals surface area contributed by atoms with Gasteiger partial charge in [-0.2, -0.15) is 0 Å². The molecular weight excluding hydrogens is 284 g/mol. The predicted molar refractivity (Wildman–Crippen MR) is 72.1 cm³/mol. The van der Waals surface area contributed by atoms with Crippen molar-refractivity contribution in [2.45, 2.75) is 25.7 Å². The molecule has 0 aromatic heterocycles. The topological polar surface area (TPSA) is 75.5 Å². The highest BCUT2D eigenvalue weighted by molar-refractivity contribution is 5.92. The maximum absolute atomic E-state index is 13.7. The molecule has 2 rings (SSSR count). The molecule has 0 spiro atoms. The molecule has 1 saturated heterocycles. The lowest BCUT2D eigenvalue weighted by atomic mass is 10.2. The molecule has 0 unspecified atom stereocenters. The van der Waals surface area contributed by atoms with Crippen LogP contribution in [0.25, 0.3) is 0 Å². The zero-order valence-electron chi connectivity index (χ0n) is 11.3. The van der Waals surface area contributed by atoms with E-state index in [4.69, 9.17) is 0 Å². The number of amides is 2. The zero-order valence-corrected chi connectivity index (χ0v) is 11.3. The fourth-order valence-corrected chi connectivity index (χ4v) is 2.27. The first-order chi connectivity index (χ1) is 10.0. The molecule has 1 fully saturated rings. The van der Waals surface area contributed by atoms with Gasteiger partial charge in [-0.15, -0.1) is 0 Å². The summed E-state index contributed by atoms with van der Waals surface area (Å²) < 4.78 is 26.9. The second-order valence-electron chi connectivity index (χ2n) is 4.84. The molecule has 1 N–H and O–H groups in total. The van der Waals surface area contributed by atoms with Crippen LogP contribution in [0.1, 0.15) is 25.7 Å². The second kappa shape index (κ2) is 6.47. The molecule has 8 heteroatoms. The van der Waals surface area contributed by atoms with Crippen LogP contribution in [0, 0.1) is 21.7 Å². The molecule has 6 nitrogen and oxygen atoms in total. The van der Waals surface area contributed by atoms with Crippen molar-refractivity contribution in [3.8, 4) is 0 Å². The van der Waals surface area contributed by atoms with Crippen LogP contribution in [0.5, 0.6) is 0 Å². The van der Waals surface area contributed by atoms with E-state index in [1.807, 2.05) is 0 Å². The SMILES string of the molecule is O=C(Nc1c([N+](=O)[O-])ccc(F)c1F)N1CCCCCC1. The Labute approximate surface area is 119 Å². The highest BCUT2D eigenvalue weighted by atomic mass is 19.2. The van der Waals surface area contributed by atoms with Crippen LogP contribution in [0.4, 0.5) is 25.0 Å². The van der Waals surface area contributed by atoms with Crippen molar-refractivity contribution < 1.29 is 18.5 Å². The highest BCUT2D eigenvalue weighted by Gasteiger charge is 2.25. The van der Waals surface area contributed by atoms with Crippen LogP contribution in [-0.4, -0.2) is 28.9 Å². The fourth-order valence-electron chi connectivity index (χ4n) is 2.27. The van der Waals surface area contributed by atoms with Crippen molar-refractivity contribution in [3.63, 3.8) is 0 Å². The Hall–Kier alpha value is -2.25. The first-order valence-electron chi connectivity index (χ1n) is 6.69. The Bertz CT molecular complexity index is 558. The molecule has 1 aromatic carbocycles. The van der Waals surface area contributed by atoms with E-state index in [-0.39, 0.29) is 0 Å². The Morgan fingerprint density at radius 1 is 1.19 bits per heavy atom. The Kier molecular flexibility index (Phi) is 4.66. The van der Waals surface area contributed by atoms with E-state index in [1.165, 1.54) is 4.90 Å². The molecular formula is C13H15F2N3O3. The number of nitrogens with one attached hydrogen (secondary N) is 1. The summed E-state index contributed by atoms with van der Waals surface area (Å²) in [6.45, 7) is 0.993. The lowest BCUT2D eigenvalue weighted by Crippen LogP contribution is -2.36. The molecule has 0 atom stereocenters. The Morgan fingerprint density at radius 2 is 1.81 bits per heavy atom. The maximum Gasteiger partial charge on any atom is 0.322 e. The molecule has 2 amide bonds. The van der Waals surface area contributed by atoms with E-state index in [0.717, 1.165) is 31.7 Å². The largest absolute Gasteiger partial charge is 0.325 e. The van der Waals surface area contributed by atoms with Crippen LogP contribution in [-0.2, 0) is 0 Å². The minimum Gasteiger partial charge on any atom is -0.325 e. The van der Waals surface area contributed by atoms with Gasteiger partial charge >= 0.3 is 6.03 Å². The average Bonchev–Trinajstić information content (AvgIpc) is 2.72. The Morgan fingerprint density at radius 3 is 2.38 bits per heavy atom. The van der Waals surface area contributed by atoms with Crippen LogP contribution in [0.15, 0.2) is 12.1 Å². The monoisotopic (exact) mass is 299 g/mol. The molecule has 0 saturated carbocycles. The maximum atomic E-state index is 13.7. The normalized spacial score (nSPS) is 15.4. The summed E-state index contributed by atoms with van der Waals surface area (Å²) in [7, 11) is 0. The van der Waals surface area contributed by atoms with E-state index in [9.17, 15) is 23.7 Å². The number of nitrogens with zero attached hydrogens (tertiary/aromatic N) is 2. The van der Waals surface area contributed by atoms with Gasteiger partial charge in [0, 0.05) is 19.2 Å². The van der Waals surface area contributed by atoms with Crippen LogP contribution < -0.4 is 5.32 Å². The van der Waals surface area contributed by atoms with E-state index < -0.39 is 34.0 Å². The van der Waals surface area contributed by atoms with Crippen molar-refractivity contribution in [2.75, 3.05) is 18.4 Å². The molecule has 21 heavy (non-hydrogen) atoms. The number of anilines is 1. The van der Waals surface area contributed by atoms with Gasteiger partial charge < -0.3 is 4.90 Å². The number of halogens is 2. The van der Waals surface area contributed by atoms with Crippen LogP contribution in [0.3, 0.4) is 0 Å². The number of carbonyl (C=O) groups excluding carboxylic acids is 1. The first-order valence-corrected chi connectivity index (χ1v) is 6.69. The number of benzene rings is 1. The summed E-state index contributed by atoms with van der Waals surface area (Å²) in [5.41, 5.74) is -1.40. The van der Waals surface area contributed by atoms with Crippen molar-refractivity contribution in [2.24, 2.45) is 0 Å². The molecule has 114 valence electrons. The first kappa shape index (κ1) is 15.1. The third-order valence-corrected chi connectivity index (χ3v) is 3.39. The lowest BCUT2D eigenvalue weighted by molar-refractivity contribution is -0.384. The van der Waals surface area contributed by atoms with Gasteiger partial charge in [-0.05, 0) is 18.9 Å². The summed E-state index contributed by atoms with van der Waals surface area (Å²) in [5.74, 6) is -2.67. The lowest BCUT2D eigenvalue weighted by Gasteiger charge is -2.20. The summed E-state index contributed by atoms with van der Waals surface area (Å²) >= 11 is 0. The summed E-state index contributed by atoms with van der Waals surface area (Å²) in [5, 5.41) is 13.0. The fraction of sp³-hybridized carbons (Fsp3) is 0.462. The molecule has 1 heterocycles. The van der Waals surface area contributed by atoms with Gasteiger partial charge in [0.05, 0.1) is 4.92 Å². The molecule has 0 aliphatic carbocycles. The van der Waals surface area contributed by atoms with Crippen molar-refractivity contribution >= 4 is 17.4 Å². The number of likely N-dealkylation sites (tertiary alicyclic amines) is 1. The van der Waals surface area contributed by atoms with E-state index >= 15 is 0 Å². The van der Waals surface area contributed by atoms with E-state index in [0.29, 0.717) is 19.2 Å². The smallest absolute Gasteiger partial charge is 0.322 e. The average molecular weight is 299 g/mol. The van der Waals surface area contributed by atoms with Crippen LogP contribution in [0.2, 0.25) is 0 Å². The minimum absolute atomic E-state index is 0.497. The number of nitro benzene ring substituents is 1. The molecule has 0 bridgehead atoms. The van der Waals surface area contributed by atoms with Gasteiger partial charge in [-0.1, -0.05) is 12.8 Å². The molecule has 1 aromatic rings. The number of nitro groups is 1. The van der Waals surface area contributed by atoms with Crippen molar-refractivity contribution in [1.82, 2.24) is 4.90 Å². The van der Waals surface area contributed by atoms with Crippen molar-refractivity contribution in [3.05, 3.63) is 33.9 Å². The molecule has 1 aliphatic heterocycles. The van der Waals surface area contributed by atoms with Gasteiger partial charge in [0.25, 0.3) is 5.69 Å². The number of hydrogen-bond donors (Lipinski definition) is 1. The van der Waals surface area contributed by atoms with Crippen molar-refractivity contribution in [1.29, 1.82) is 0 Å². The van der Waals surface area contributed by atoms with Gasteiger partial charge in [0.2, 0.25) is 0 Å². The van der Waals surface area contributed by atoms with E-state index in [2.05, 4.69) is 5.32 Å². The third kappa shape index (κ3) is 3.45. The van der Waals surface area contributed by atoms with Gasteiger partial charge in [0.1, 0.15) is 0 Å². The number of hydrogen-bond acceptors (Lipinski definition) is 3. The standard InChI is InChI=1S/C13H15F2N3O3/c14-9-5-6-10(18(20)21)12(11(9)15)16-13(19)17-7-3-1-2-4-8-17/h5-6H,1-4,7-8H2,(H,16,19). The number of rotatable bonds is 2. The predicted octanol–water partition coefficient (Wildman–Crippen LogP) is 3.28. The number of urea groups is 1. The summed E-state index contributed by atoms with van der Waals surface area (Å²) in [6.07, 6.45) is 3.64. The zero-order chi connectivity index (χ0) is 15.4. The quantitative estimate of drug-likeness (QED) is 0.672. The van der Waals surface area contributed by atoms with Gasteiger partial charge in [-0.25, -0.2) is 13.6 Å². The van der Waals surface area contributed by atoms with Gasteiger partial charge in [-0.3, -0.25) is 15.4 Å². The molecule has 0 radical (unpaired) electrons. The summed E-state index contributed by atoms with van der Waals surface area (Å²) in [6, 6.07) is 0.843. The van der Waals surface area contributed by atoms with Gasteiger partial charge in [0.15, 0.2) is 17.3 Å². The highest BCUT2D eigenvalue weighted by Crippen LogP contribution is 2.29. The van der Waals surface area contributed by atoms with E-state index in [1.54, 1.807) is 0 Å².